The van der Waals surface area contributed by atoms with Crippen molar-refractivity contribution in [1.29, 1.82) is 0 Å². The summed E-state index contributed by atoms with van der Waals surface area (Å²) >= 11 is 0. The minimum Gasteiger partial charge on any atom is -0.406 e. The molecule has 0 aliphatic rings. The Morgan fingerprint density at radius 2 is 1.75 bits per heavy atom. The van der Waals surface area contributed by atoms with Crippen LogP contribution in [0.1, 0.15) is 23.1 Å². The van der Waals surface area contributed by atoms with E-state index in [-0.39, 0.29) is 17.9 Å². The molecule has 0 spiro atoms. The van der Waals surface area contributed by atoms with Crippen molar-refractivity contribution in [3.63, 3.8) is 0 Å². The number of benzene rings is 2. The molecule has 0 unspecified atom stereocenters. The van der Waals surface area contributed by atoms with Gasteiger partial charge >= 0.3 is 6.36 Å². The summed E-state index contributed by atoms with van der Waals surface area (Å²) in [6.07, 6.45) is -6.04. The van der Waals surface area contributed by atoms with Crippen LogP contribution in [-0.4, -0.2) is 12.6 Å². The van der Waals surface area contributed by atoms with Gasteiger partial charge in [-0.1, -0.05) is 35.5 Å². The molecule has 0 N–H and O–H groups in total. The molecule has 8 heteroatoms. The molecule has 2 aromatic carbocycles. The summed E-state index contributed by atoms with van der Waals surface area (Å²) in [6.45, 7) is 0.0112. The van der Waals surface area contributed by atoms with Gasteiger partial charge in [-0.2, -0.15) is 0 Å². The molecule has 0 saturated carbocycles. The smallest absolute Gasteiger partial charge is 0.406 e. The second-order valence-electron chi connectivity index (χ2n) is 4.67. The van der Waals surface area contributed by atoms with Gasteiger partial charge in [0.25, 0.3) is 6.43 Å². The molecule has 2 rings (SSSR count). The number of oxime groups is 1. The quantitative estimate of drug-likeness (QED) is 0.416. The maximum Gasteiger partial charge on any atom is 0.573 e. The van der Waals surface area contributed by atoms with Crippen LogP contribution in [0, 0.1) is 0 Å². The lowest BCUT2D eigenvalue weighted by Gasteiger charge is -2.08. The van der Waals surface area contributed by atoms with Crippen LogP contribution in [0.4, 0.5) is 22.0 Å². The number of hydrogen-bond acceptors (Lipinski definition) is 3. The van der Waals surface area contributed by atoms with Gasteiger partial charge in [0.15, 0.2) is 0 Å². The Morgan fingerprint density at radius 3 is 2.38 bits per heavy atom. The highest BCUT2D eigenvalue weighted by Gasteiger charge is 2.30. The predicted octanol–water partition coefficient (Wildman–Crippen LogP) is 5.07. The van der Waals surface area contributed by atoms with Crippen molar-refractivity contribution in [2.45, 2.75) is 19.4 Å². The summed E-state index contributed by atoms with van der Waals surface area (Å²) in [5.41, 5.74) is 0.893. The third-order valence-corrected chi connectivity index (χ3v) is 2.83. The summed E-state index contributed by atoms with van der Waals surface area (Å²) in [7, 11) is 0. The van der Waals surface area contributed by atoms with Crippen LogP contribution in [0.3, 0.4) is 0 Å². The third kappa shape index (κ3) is 5.86. The fourth-order valence-corrected chi connectivity index (χ4v) is 1.77. The molecule has 0 aliphatic carbocycles. The molecular weight excluding hydrogens is 333 g/mol. The summed E-state index contributed by atoms with van der Waals surface area (Å²) < 4.78 is 64.9. The molecule has 0 aliphatic heterocycles. The van der Waals surface area contributed by atoms with E-state index < -0.39 is 12.8 Å². The van der Waals surface area contributed by atoms with Crippen LogP contribution in [-0.2, 0) is 11.4 Å². The zero-order chi connectivity index (χ0) is 17.6. The third-order valence-electron chi connectivity index (χ3n) is 2.83. The van der Waals surface area contributed by atoms with E-state index in [1.165, 1.54) is 36.5 Å². The van der Waals surface area contributed by atoms with E-state index >= 15 is 0 Å². The van der Waals surface area contributed by atoms with Crippen LogP contribution in [0.25, 0.3) is 0 Å². The first kappa shape index (κ1) is 17.7. The standard InChI is InChI=1S/C16H12F5NO2/c17-15(18)13-3-1-2-12(8-13)9-22-23-10-11-4-6-14(7-5-11)24-16(19,20)21/h1-9,15H,10H2. The second kappa shape index (κ2) is 7.76. The fourth-order valence-electron chi connectivity index (χ4n) is 1.77. The van der Waals surface area contributed by atoms with Gasteiger partial charge in [0, 0.05) is 5.56 Å². The highest BCUT2D eigenvalue weighted by atomic mass is 19.4. The summed E-state index contributed by atoms with van der Waals surface area (Å²) in [5, 5.41) is 3.64. The van der Waals surface area contributed by atoms with Crippen LogP contribution in [0.2, 0.25) is 0 Å². The minimum absolute atomic E-state index is 0.0112. The molecule has 0 atom stereocenters. The molecule has 0 bridgehead atoms. The normalized spacial score (nSPS) is 11.9. The summed E-state index contributed by atoms with van der Waals surface area (Å²) in [4.78, 5) is 4.98. The Labute approximate surface area is 134 Å². The second-order valence-corrected chi connectivity index (χ2v) is 4.67. The van der Waals surface area contributed by atoms with Crippen molar-refractivity contribution in [3.05, 3.63) is 65.2 Å². The van der Waals surface area contributed by atoms with E-state index in [0.29, 0.717) is 11.1 Å². The molecule has 24 heavy (non-hydrogen) atoms. The van der Waals surface area contributed by atoms with E-state index in [4.69, 9.17) is 4.84 Å². The molecule has 0 saturated heterocycles. The Morgan fingerprint density at radius 1 is 1.04 bits per heavy atom. The Kier molecular flexibility index (Phi) is 5.73. The number of halogens is 5. The molecule has 2 aromatic rings. The molecule has 0 radical (unpaired) electrons. The average molecular weight is 345 g/mol. The van der Waals surface area contributed by atoms with Crippen molar-refractivity contribution >= 4 is 6.21 Å². The average Bonchev–Trinajstić information content (AvgIpc) is 2.52. The molecule has 0 fully saturated rings. The maximum absolute atomic E-state index is 12.5. The van der Waals surface area contributed by atoms with Gasteiger partial charge in [-0.15, -0.1) is 13.2 Å². The largest absolute Gasteiger partial charge is 0.573 e. The summed E-state index contributed by atoms with van der Waals surface area (Å²) in [5.74, 6) is -0.335. The lowest BCUT2D eigenvalue weighted by atomic mass is 10.1. The first-order chi connectivity index (χ1) is 11.3. The van der Waals surface area contributed by atoms with Gasteiger partial charge in [0.05, 0.1) is 6.21 Å². The lowest BCUT2D eigenvalue weighted by molar-refractivity contribution is -0.274. The molecule has 0 amide bonds. The van der Waals surface area contributed by atoms with Crippen LogP contribution >= 0.6 is 0 Å². The highest BCUT2D eigenvalue weighted by Crippen LogP contribution is 2.23. The topological polar surface area (TPSA) is 30.8 Å². The maximum atomic E-state index is 12.5. The lowest BCUT2D eigenvalue weighted by Crippen LogP contribution is -2.17. The van der Waals surface area contributed by atoms with Crippen molar-refractivity contribution < 1.29 is 31.5 Å². The van der Waals surface area contributed by atoms with E-state index in [1.54, 1.807) is 6.07 Å². The van der Waals surface area contributed by atoms with Crippen molar-refractivity contribution in [1.82, 2.24) is 0 Å². The number of ether oxygens (including phenoxy) is 1. The molecule has 0 aromatic heterocycles. The number of rotatable bonds is 6. The Hall–Kier alpha value is -2.64. The first-order valence-corrected chi connectivity index (χ1v) is 6.71. The first-order valence-electron chi connectivity index (χ1n) is 6.71. The predicted molar refractivity (Wildman–Crippen MR) is 76.9 cm³/mol. The van der Waals surface area contributed by atoms with Gasteiger partial charge in [-0.3, -0.25) is 0 Å². The number of nitrogens with zero attached hydrogens (tertiary/aromatic N) is 1. The molecule has 3 nitrogen and oxygen atoms in total. The Balaban J connectivity index is 1.86. The van der Waals surface area contributed by atoms with E-state index in [2.05, 4.69) is 9.89 Å². The van der Waals surface area contributed by atoms with E-state index in [1.807, 2.05) is 0 Å². The SMILES string of the molecule is FC(F)c1cccc(C=NOCc2ccc(OC(F)(F)F)cc2)c1. The molecule has 128 valence electrons. The molecular formula is C16H12F5NO2. The summed E-state index contributed by atoms with van der Waals surface area (Å²) in [6, 6.07) is 10.7. The fraction of sp³-hybridized carbons (Fsp3) is 0.188. The highest BCUT2D eigenvalue weighted by molar-refractivity contribution is 5.79. The monoisotopic (exact) mass is 345 g/mol. The van der Waals surface area contributed by atoms with Gasteiger partial charge in [-0.25, -0.2) is 8.78 Å². The van der Waals surface area contributed by atoms with Crippen LogP contribution in [0.5, 0.6) is 5.75 Å². The number of hydrogen-bond donors (Lipinski definition) is 0. The van der Waals surface area contributed by atoms with Crippen LogP contribution < -0.4 is 4.74 Å². The van der Waals surface area contributed by atoms with Crippen molar-refractivity contribution in [2.24, 2.45) is 5.16 Å². The minimum atomic E-state index is -4.74. The van der Waals surface area contributed by atoms with Gasteiger partial charge in [0.1, 0.15) is 12.4 Å². The van der Waals surface area contributed by atoms with Crippen molar-refractivity contribution in [2.75, 3.05) is 0 Å². The molecule has 0 heterocycles. The van der Waals surface area contributed by atoms with Gasteiger partial charge < -0.3 is 9.57 Å². The van der Waals surface area contributed by atoms with Gasteiger partial charge in [-0.05, 0) is 29.3 Å². The van der Waals surface area contributed by atoms with E-state index in [9.17, 15) is 22.0 Å². The number of alkyl halides is 5. The zero-order valence-electron chi connectivity index (χ0n) is 12.1. The van der Waals surface area contributed by atoms with Gasteiger partial charge in [0.2, 0.25) is 0 Å². The van der Waals surface area contributed by atoms with E-state index in [0.717, 1.165) is 12.1 Å². The van der Waals surface area contributed by atoms with Crippen molar-refractivity contribution in [3.8, 4) is 5.75 Å². The zero-order valence-corrected chi connectivity index (χ0v) is 12.1. The van der Waals surface area contributed by atoms with Crippen LogP contribution in [0.15, 0.2) is 53.7 Å². The Bertz CT molecular complexity index is 684.